The molecule has 0 fully saturated rings. The lowest BCUT2D eigenvalue weighted by Crippen LogP contribution is -2.37. The number of nitrogens with two attached hydrogens (primary N) is 1. The first-order valence-electron chi connectivity index (χ1n) is 6.96. The average molecular weight is 407 g/mol. The number of ether oxygens (including phenoxy) is 2. The molecule has 0 aliphatic carbocycles. The molecule has 5 nitrogen and oxygen atoms in total. The number of rotatable bonds is 8. The van der Waals surface area contributed by atoms with Crippen molar-refractivity contribution in [2.24, 2.45) is 10.7 Å². The molecule has 120 valence electrons. The molecule has 0 unspecified atom stereocenters. The number of methoxy groups -OCH3 is 1. The van der Waals surface area contributed by atoms with E-state index in [-0.39, 0.29) is 24.0 Å². The SMILES string of the molecule is CCN(CC)C(N)=NCc1cccc(OCCOC)c1.I. The summed E-state index contributed by atoms with van der Waals surface area (Å²) in [4.78, 5) is 6.44. The monoisotopic (exact) mass is 407 g/mol. The number of benzene rings is 1. The number of aliphatic imine (C=N–C) groups is 1. The van der Waals surface area contributed by atoms with Gasteiger partial charge < -0.3 is 20.1 Å². The molecule has 21 heavy (non-hydrogen) atoms. The van der Waals surface area contributed by atoms with E-state index in [0.29, 0.717) is 25.7 Å². The van der Waals surface area contributed by atoms with Crippen LogP contribution in [-0.2, 0) is 11.3 Å². The molecular formula is C15H26IN3O2. The van der Waals surface area contributed by atoms with Gasteiger partial charge in [-0.05, 0) is 31.5 Å². The van der Waals surface area contributed by atoms with Gasteiger partial charge in [0.05, 0.1) is 13.2 Å². The van der Waals surface area contributed by atoms with Crippen molar-refractivity contribution in [1.82, 2.24) is 4.90 Å². The maximum atomic E-state index is 5.95. The van der Waals surface area contributed by atoms with Crippen LogP contribution in [0.4, 0.5) is 0 Å². The largest absolute Gasteiger partial charge is 0.491 e. The second kappa shape index (κ2) is 11.6. The highest BCUT2D eigenvalue weighted by Gasteiger charge is 2.02. The van der Waals surface area contributed by atoms with Crippen LogP contribution in [0.3, 0.4) is 0 Å². The molecule has 6 heteroatoms. The summed E-state index contributed by atoms with van der Waals surface area (Å²) in [6.07, 6.45) is 0. The average Bonchev–Trinajstić information content (AvgIpc) is 2.47. The van der Waals surface area contributed by atoms with Gasteiger partial charge in [-0.3, -0.25) is 0 Å². The first-order chi connectivity index (χ1) is 9.71. The number of halogens is 1. The second-order valence-corrected chi connectivity index (χ2v) is 4.34. The molecule has 0 aliphatic heterocycles. The fraction of sp³-hybridized carbons (Fsp3) is 0.533. The number of hydrogen-bond donors (Lipinski definition) is 1. The van der Waals surface area contributed by atoms with Gasteiger partial charge in [-0.2, -0.15) is 0 Å². The van der Waals surface area contributed by atoms with Crippen LogP contribution in [0, 0.1) is 0 Å². The van der Waals surface area contributed by atoms with E-state index in [4.69, 9.17) is 15.2 Å². The topological polar surface area (TPSA) is 60.1 Å². The Morgan fingerprint density at radius 1 is 1.24 bits per heavy atom. The van der Waals surface area contributed by atoms with E-state index in [1.807, 2.05) is 29.2 Å². The normalized spacial score (nSPS) is 10.9. The van der Waals surface area contributed by atoms with E-state index in [1.54, 1.807) is 7.11 Å². The molecule has 0 spiro atoms. The van der Waals surface area contributed by atoms with Crippen molar-refractivity contribution in [2.75, 3.05) is 33.4 Å². The smallest absolute Gasteiger partial charge is 0.191 e. The predicted molar refractivity (Wildman–Crippen MR) is 97.5 cm³/mol. The molecule has 0 atom stereocenters. The summed E-state index contributed by atoms with van der Waals surface area (Å²) in [5, 5.41) is 0. The van der Waals surface area contributed by atoms with E-state index in [2.05, 4.69) is 18.8 Å². The van der Waals surface area contributed by atoms with Gasteiger partial charge in [0.25, 0.3) is 0 Å². The molecule has 0 amide bonds. The summed E-state index contributed by atoms with van der Waals surface area (Å²) in [7, 11) is 1.66. The lowest BCUT2D eigenvalue weighted by atomic mass is 10.2. The molecule has 0 heterocycles. The van der Waals surface area contributed by atoms with Crippen molar-refractivity contribution in [2.45, 2.75) is 20.4 Å². The van der Waals surface area contributed by atoms with Crippen LogP contribution in [0.5, 0.6) is 5.75 Å². The molecule has 0 saturated heterocycles. The molecule has 1 aromatic carbocycles. The third-order valence-electron chi connectivity index (χ3n) is 2.97. The highest BCUT2D eigenvalue weighted by atomic mass is 127. The van der Waals surface area contributed by atoms with E-state index in [9.17, 15) is 0 Å². The first-order valence-corrected chi connectivity index (χ1v) is 6.96. The highest BCUT2D eigenvalue weighted by Crippen LogP contribution is 2.14. The summed E-state index contributed by atoms with van der Waals surface area (Å²) >= 11 is 0. The minimum absolute atomic E-state index is 0. The van der Waals surface area contributed by atoms with Gasteiger partial charge in [-0.25, -0.2) is 4.99 Å². The van der Waals surface area contributed by atoms with Gasteiger partial charge in [0.1, 0.15) is 12.4 Å². The maximum Gasteiger partial charge on any atom is 0.191 e. The lowest BCUT2D eigenvalue weighted by molar-refractivity contribution is 0.146. The van der Waals surface area contributed by atoms with Crippen LogP contribution >= 0.6 is 24.0 Å². The van der Waals surface area contributed by atoms with Crippen molar-refractivity contribution in [3.05, 3.63) is 29.8 Å². The van der Waals surface area contributed by atoms with Gasteiger partial charge in [-0.15, -0.1) is 24.0 Å². The molecule has 2 N–H and O–H groups in total. The number of guanidine groups is 1. The summed E-state index contributed by atoms with van der Waals surface area (Å²) < 4.78 is 10.5. The van der Waals surface area contributed by atoms with Crippen molar-refractivity contribution >= 4 is 29.9 Å². The zero-order chi connectivity index (χ0) is 14.8. The fourth-order valence-electron chi connectivity index (χ4n) is 1.80. The maximum absolute atomic E-state index is 5.95. The van der Waals surface area contributed by atoms with Gasteiger partial charge in [0.15, 0.2) is 5.96 Å². The Morgan fingerprint density at radius 3 is 2.57 bits per heavy atom. The summed E-state index contributed by atoms with van der Waals surface area (Å²) in [5.41, 5.74) is 7.03. The molecule has 1 rings (SSSR count). The standard InChI is InChI=1S/C15H25N3O2.HI/c1-4-18(5-2)15(16)17-12-13-7-6-8-14(11-13)20-10-9-19-3;/h6-8,11H,4-5,9-10,12H2,1-3H3,(H2,16,17);1H. The zero-order valence-corrected chi connectivity index (χ0v) is 15.4. The third-order valence-corrected chi connectivity index (χ3v) is 2.97. The Labute approximate surface area is 144 Å². The summed E-state index contributed by atoms with van der Waals surface area (Å²) in [6, 6.07) is 7.88. The molecule has 0 radical (unpaired) electrons. The molecule has 1 aromatic rings. The van der Waals surface area contributed by atoms with Gasteiger partial charge in [0.2, 0.25) is 0 Å². The first kappa shape index (κ1) is 20.0. The Kier molecular flexibility index (Phi) is 11.1. The van der Waals surface area contributed by atoms with Crippen LogP contribution in [0.15, 0.2) is 29.3 Å². The molecule has 0 bridgehead atoms. The minimum atomic E-state index is 0. The Bertz CT molecular complexity index is 423. The number of nitrogens with zero attached hydrogens (tertiary/aromatic N) is 2. The molecule has 0 saturated carbocycles. The third kappa shape index (κ3) is 7.52. The second-order valence-electron chi connectivity index (χ2n) is 4.34. The van der Waals surface area contributed by atoms with Crippen LogP contribution in [0.25, 0.3) is 0 Å². The van der Waals surface area contributed by atoms with Crippen LogP contribution in [0.1, 0.15) is 19.4 Å². The van der Waals surface area contributed by atoms with E-state index in [1.165, 1.54) is 0 Å². The van der Waals surface area contributed by atoms with Crippen LogP contribution in [-0.4, -0.2) is 44.3 Å². The molecular weight excluding hydrogens is 381 g/mol. The van der Waals surface area contributed by atoms with E-state index >= 15 is 0 Å². The van der Waals surface area contributed by atoms with Crippen molar-refractivity contribution in [3.8, 4) is 5.75 Å². The number of hydrogen-bond acceptors (Lipinski definition) is 3. The molecule has 0 aromatic heterocycles. The van der Waals surface area contributed by atoms with Gasteiger partial charge in [0, 0.05) is 20.2 Å². The highest BCUT2D eigenvalue weighted by molar-refractivity contribution is 14.0. The van der Waals surface area contributed by atoms with Gasteiger partial charge >= 0.3 is 0 Å². The Hall–Kier alpha value is -1.02. The summed E-state index contributed by atoms with van der Waals surface area (Å²) in [6.45, 7) is 7.55. The Morgan fingerprint density at radius 2 is 1.95 bits per heavy atom. The molecule has 0 aliphatic rings. The van der Waals surface area contributed by atoms with Crippen molar-refractivity contribution < 1.29 is 9.47 Å². The summed E-state index contributed by atoms with van der Waals surface area (Å²) in [5.74, 6) is 1.41. The fourth-order valence-corrected chi connectivity index (χ4v) is 1.80. The van der Waals surface area contributed by atoms with E-state index in [0.717, 1.165) is 24.4 Å². The van der Waals surface area contributed by atoms with Crippen LogP contribution in [0.2, 0.25) is 0 Å². The zero-order valence-electron chi connectivity index (χ0n) is 13.0. The quantitative estimate of drug-likeness (QED) is 0.311. The lowest BCUT2D eigenvalue weighted by Gasteiger charge is -2.19. The van der Waals surface area contributed by atoms with Crippen LogP contribution < -0.4 is 10.5 Å². The minimum Gasteiger partial charge on any atom is -0.491 e. The Balaban J connectivity index is 0.00000400. The van der Waals surface area contributed by atoms with Crippen molar-refractivity contribution in [1.29, 1.82) is 0 Å². The predicted octanol–water partition coefficient (Wildman–Crippen LogP) is 2.49. The van der Waals surface area contributed by atoms with Gasteiger partial charge in [-0.1, -0.05) is 12.1 Å². The van der Waals surface area contributed by atoms with Crippen molar-refractivity contribution in [3.63, 3.8) is 0 Å². The van der Waals surface area contributed by atoms with E-state index < -0.39 is 0 Å².